The molecule has 2 N–H and O–H groups in total. The van der Waals surface area contributed by atoms with Crippen LogP contribution in [0.1, 0.15) is 50.0 Å². The molecule has 23 heavy (non-hydrogen) atoms. The highest BCUT2D eigenvalue weighted by Crippen LogP contribution is 2.47. The normalized spacial score (nSPS) is 23.6. The van der Waals surface area contributed by atoms with Crippen molar-refractivity contribution in [2.45, 2.75) is 58.1 Å². The number of carbonyl (C=O) groups is 1. The SMILES string of the molecule is Cc1cc(COCC(=O)N2CCCCC2C2(CN)CCC2)no1. The fourth-order valence-electron chi connectivity index (χ4n) is 3.98. The molecule has 0 aromatic carbocycles. The Bertz CT molecular complexity index is 533. The number of hydrogen-bond donors (Lipinski definition) is 1. The molecular formula is C17H27N3O3. The van der Waals surface area contributed by atoms with Gasteiger partial charge in [-0.1, -0.05) is 11.6 Å². The van der Waals surface area contributed by atoms with Crippen LogP contribution in [-0.4, -0.2) is 41.7 Å². The third-order valence-electron chi connectivity index (χ3n) is 5.44. The standard InChI is InChI=1S/C17H27N3O3/c1-13-9-14(19-23-13)10-22-11-16(21)20-8-3-2-5-15(20)17(12-18)6-4-7-17/h9,15H,2-8,10-12,18H2,1H3. The summed E-state index contributed by atoms with van der Waals surface area (Å²) < 4.78 is 10.5. The van der Waals surface area contributed by atoms with Crippen LogP contribution in [0.15, 0.2) is 10.6 Å². The average molecular weight is 321 g/mol. The minimum atomic E-state index is 0.0784. The van der Waals surface area contributed by atoms with Crippen molar-refractivity contribution in [2.24, 2.45) is 11.1 Å². The van der Waals surface area contributed by atoms with E-state index in [2.05, 4.69) is 5.16 Å². The molecule has 1 aromatic heterocycles. The van der Waals surface area contributed by atoms with Gasteiger partial charge in [-0.25, -0.2) is 0 Å². The Hall–Kier alpha value is -1.40. The first-order valence-corrected chi connectivity index (χ1v) is 8.64. The van der Waals surface area contributed by atoms with Gasteiger partial charge < -0.3 is 19.9 Å². The molecule has 1 aliphatic heterocycles. The van der Waals surface area contributed by atoms with E-state index in [0.29, 0.717) is 19.2 Å². The van der Waals surface area contributed by atoms with Crippen LogP contribution < -0.4 is 5.73 Å². The molecule has 1 amide bonds. The molecule has 3 rings (SSSR count). The van der Waals surface area contributed by atoms with Crippen molar-refractivity contribution in [3.8, 4) is 0 Å². The van der Waals surface area contributed by atoms with E-state index in [1.807, 2.05) is 17.9 Å². The van der Waals surface area contributed by atoms with Crippen LogP contribution in [0.3, 0.4) is 0 Å². The fraction of sp³-hybridized carbons (Fsp3) is 0.765. The second kappa shape index (κ2) is 7.01. The number of piperidine rings is 1. The first-order valence-electron chi connectivity index (χ1n) is 8.64. The number of amides is 1. The van der Waals surface area contributed by atoms with Crippen LogP contribution in [0.25, 0.3) is 0 Å². The summed E-state index contributed by atoms with van der Waals surface area (Å²) in [6.45, 7) is 3.76. The minimum absolute atomic E-state index is 0.0784. The molecule has 1 aromatic rings. The van der Waals surface area contributed by atoms with E-state index in [1.165, 1.54) is 12.8 Å². The number of aryl methyl sites for hydroxylation is 1. The average Bonchev–Trinajstić information content (AvgIpc) is 2.93. The van der Waals surface area contributed by atoms with E-state index >= 15 is 0 Å². The van der Waals surface area contributed by atoms with Gasteiger partial charge in [0.25, 0.3) is 0 Å². The van der Waals surface area contributed by atoms with Gasteiger partial charge in [0.2, 0.25) is 5.91 Å². The summed E-state index contributed by atoms with van der Waals surface area (Å²) in [5.74, 6) is 0.829. The third-order valence-corrected chi connectivity index (χ3v) is 5.44. The predicted octanol–water partition coefficient (Wildman–Crippen LogP) is 2.01. The third kappa shape index (κ3) is 3.43. The maximum atomic E-state index is 12.6. The number of ether oxygens (including phenoxy) is 1. The Labute approximate surface area is 137 Å². The smallest absolute Gasteiger partial charge is 0.248 e. The highest BCUT2D eigenvalue weighted by Gasteiger charge is 2.47. The molecule has 0 radical (unpaired) electrons. The number of nitrogens with two attached hydrogens (primary N) is 1. The maximum absolute atomic E-state index is 12.6. The number of likely N-dealkylation sites (tertiary alicyclic amines) is 1. The Morgan fingerprint density at radius 2 is 2.30 bits per heavy atom. The zero-order chi connectivity index (χ0) is 16.3. The molecule has 1 saturated heterocycles. The number of rotatable bonds is 6. The molecule has 128 valence electrons. The van der Waals surface area contributed by atoms with E-state index in [0.717, 1.165) is 43.7 Å². The molecule has 6 nitrogen and oxygen atoms in total. The van der Waals surface area contributed by atoms with E-state index in [4.69, 9.17) is 15.0 Å². The summed E-state index contributed by atoms with van der Waals surface area (Å²) in [7, 11) is 0. The van der Waals surface area contributed by atoms with Crippen molar-refractivity contribution in [3.63, 3.8) is 0 Å². The van der Waals surface area contributed by atoms with Crippen molar-refractivity contribution in [1.29, 1.82) is 0 Å². The highest BCUT2D eigenvalue weighted by molar-refractivity contribution is 5.78. The van der Waals surface area contributed by atoms with E-state index < -0.39 is 0 Å². The first kappa shape index (κ1) is 16.5. The van der Waals surface area contributed by atoms with E-state index in [1.54, 1.807) is 0 Å². The van der Waals surface area contributed by atoms with Crippen LogP contribution in [0.4, 0.5) is 0 Å². The van der Waals surface area contributed by atoms with Crippen LogP contribution in [0.5, 0.6) is 0 Å². The Kier molecular flexibility index (Phi) is 5.02. The lowest BCUT2D eigenvalue weighted by Gasteiger charge is -2.53. The fourth-order valence-corrected chi connectivity index (χ4v) is 3.98. The van der Waals surface area contributed by atoms with Crippen molar-refractivity contribution in [3.05, 3.63) is 17.5 Å². The van der Waals surface area contributed by atoms with Gasteiger partial charge in [0.15, 0.2) is 0 Å². The van der Waals surface area contributed by atoms with Crippen LogP contribution in [0.2, 0.25) is 0 Å². The molecule has 2 fully saturated rings. The largest absolute Gasteiger partial charge is 0.365 e. The molecule has 6 heteroatoms. The Morgan fingerprint density at radius 1 is 1.48 bits per heavy atom. The monoisotopic (exact) mass is 321 g/mol. The summed E-state index contributed by atoms with van der Waals surface area (Å²) in [4.78, 5) is 14.7. The summed E-state index contributed by atoms with van der Waals surface area (Å²) in [6.07, 6.45) is 6.87. The lowest BCUT2D eigenvalue weighted by atomic mass is 9.62. The number of carbonyl (C=O) groups excluding carboxylic acids is 1. The minimum Gasteiger partial charge on any atom is -0.365 e. The molecule has 0 spiro atoms. The molecule has 1 aliphatic carbocycles. The maximum Gasteiger partial charge on any atom is 0.248 e. The lowest BCUT2D eigenvalue weighted by molar-refractivity contribution is -0.146. The van der Waals surface area contributed by atoms with Gasteiger partial charge in [-0.3, -0.25) is 4.79 Å². The van der Waals surface area contributed by atoms with Crippen molar-refractivity contribution >= 4 is 5.91 Å². The van der Waals surface area contributed by atoms with Gasteiger partial charge in [-0.15, -0.1) is 0 Å². The van der Waals surface area contributed by atoms with Gasteiger partial charge in [0, 0.05) is 24.1 Å². The first-order chi connectivity index (χ1) is 11.1. The molecule has 1 unspecified atom stereocenters. The summed E-state index contributed by atoms with van der Waals surface area (Å²) in [6, 6.07) is 2.12. The summed E-state index contributed by atoms with van der Waals surface area (Å²) in [5.41, 5.74) is 6.93. The van der Waals surface area contributed by atoms with Crippen molar-refractivity contribution < 1.29 is 14.1 Å². The molecule has 1 saturated carbocycles. The molecule has 1 atom stereocenters. The molecule has 2 heterocycles. The zero-order valence-corrected chi connectivity index (χ0v) is 13.9. The summed E-state index contributed by atoms with van der Waals surface area (Å²) >= 11 is 0. The van der Waals surface area contributed by atoms with Crippen LogP contribution in [-0.2, 0) is 16.1 Å². The van der Waals surface area contributed by atoms with Gasteiger partial charge in [0.05, 0.1) is 6.61 Å². The number of aromatic nitrogens is 1. The number of hydrogen-bond acceptors (Lipinski definition) is 5. The van der Waals surface area contributed by atoms with Gasteiger partial charge in [-0.05, 0) is 45.6 Å². The highest BCUT2D eigenvalue weighted by atomic mass is 16.5. The van der Waals surface area contributed by atoms with Crippen molar-refractivity contribution in [2.75, 3.05) is 19.7 Å². The van der Waals surface area contributed by atoms with Gasteiger partial charge in [0.1, 0.15) is 18.1 Å². The van der Waals surface area contributed by atoms with Crippen LogP contribution in [0, 0.1) is 12.3 Å². The molecule has 2 aliphatic rings. The van der Waals surface area contributed by atoms with Crippen molar-refractivity contribution in [1.82, 2.24) is 10.1 Å². The second-order valence-electron chi connectivity index (χ2n) is 6.94. The van der Waals surface area contributed by atoms with Gasteiger partial charge >= 0.3 is 0 Å². The number of nitrogens with zero attached hydrogens (tertiary/aromatic N) is 2. The van der Waals surface area contributed by atoms with E-state index in [-0.39, 0.29) is 17.9 Å². The van der Waals surface area contributed by atoms with Crippen LogP contribution >= 0.6 is 0 Å². The quantitative estimate of drug-likeness (QED) is 0.867. The topological polar surface area (TPSA) is 81.6 Å². The van der Waals surface area contributed by atoms with Gasteiger partial charge in [-0.2, -0.15) is 0 Å². The molecule has 0 bridgehead atoms. The summed E-state index contributed by atoms with van der Waals surface area (Å²) in [5, 5.41) is 3.87. The van der Waals surface area contributed by atoms with E-state index in [9.17, 15) is 4.79 Å². The lowest BCUT2D eigenvalue weighted by Crippen LogP contribution is -2.58. The second-order valence-corrected chi connectivity index (χ2v) is 6.94. The predicted molar refractivity (Wildman–Crippen MR) is 85.6 cm³/mol. The molecular weight excluding hydrogens is 294 g/mol. The Morgan fingerprint density at radius 3 is 2.91 bits per heavy atom. The zero-order valence-electron chi connectivity index (χ0n) is 13.9. The Balaban J connectivity index is 1.56.